The Labute approximate surface area is 135 Å². The van der Waals surface area contributed by atoms with Gasteiger partial charge in [0, 0.05) is 31.7 Å². The number of nitrogens with one attached hydrogen (secondary N) is 1. The Morgan fingerprint density at radius 2 is 2.14 bits per heavy atom. The van der Waals surface area contributed by atoms with E-state index in [-0.39, 0.29) is 34.8 Å². The van der Waals surface area contributed by atoms with Crippen LogP contribution in [0.2, 0.25) is 0 Å². The SMILES string of the molecule is COc1cc([N+](=O)[O-])ccc1S(=O)(=O)N1CCN[C@@H](C)C1.Cl. The molecular formula is C12H18ClN3O5S. The first-order chi connectivity index (χ1) is 9.86. The quantitative estimate of drug-likeness (QED) is 0.641. The van der Waals surface area contributed by atoms with E-state index < -0.39 is 14.9 Å². The van der Waals surface area contributed by atoms with Crippen LogP contribution in [0.25, 0.3) is 0 Å². The number of nitro benzene ring substituents is 1. The summed E-state index contributed by atoms with van der Waals surface area (Å²) >= 11 is 0. The van der Waals surface area contributed by atoms with Gasteiger partial charge in [0.05, 0.1) is 18.1 Å². The van der Waals surface area contributed by atoms with Gasteiger partial charge >= 0.3 is 0 Å². The molecule has 0 unspecified atom stereocenters. The summed E-state index contributed by atoms with van der Waals surface area (Å²) in [5.41, 5.74) is -0.209. The van der Waals surface area contributed by atoms with Crippen molar-refractivity contribution < 1.29 is 18.1 Å². The van der Waals surface area contributed by atoms with Crippen LogP contribution in [0.4, 0.5) is 5.69 Å². The standard InChI is InChI=1S/C12H17N3O5S.ClH/c1-9-8-14(6-5-13-9)21(18,19)12-4-3-10(15(16)17)7-11(12)20-2;/h3-4,7,9,13H,5-6,8H2,1-2H3;1H/t9-;/m0./s1. The lowest BCUT2D eigenvalue weighted by atomic mass is 10.3. The lowest BCUT2D eigenvalue weighted by Gasteiger charge is -2.31. The second-order valence-electron chi connectivity index (χ2n) is 4.81. The molecule has 1 aliphatic rings. The van der Waals surface area contributed by atoms with E-state index in [1.165, 1.54) is 23.5 Å². The fourth-order valence-electron chi connectivity index (χ4n) is 2.24. The molecule has 1 saturated heterocycles. The van der Waals surface area contributed by atoms with Gasteiger partial charge in [0.2, 0.25) is 10.0 Å². The van der Waals surface area contributed by atoms with Crippen LogP contribution in [0.5, 0.6) is 5.75 Å². The summed E-state index contributed by atoms with van der Waals surface area (Å²) in [5, 5.41) is 13.9. The number of nitrogens with zero attached hydrogens (tertiary/aromatic N) is 2. The molecule has 1 aromatic carbocycles. The topological polar surface area (TPSA) is 102 Å². The number of non-ortho nitro benzene ring substituents is 1. The molecule has 0 aromatic heterocycles. The molecule has 1 N–H and O–H groups in total. The zero-order valence-electron chi connectivity index (χ0n) is 12.2. The zero-order valence-corrected chi connectivity index (χ0v) is 13.8. The van der Waals surface area contributed by atoms with Crippen molar-refractivity contribution in [1.29, 1.82) is 0 Å². The highest BCUT2D eigenvalue weighted by Gasteiger charge is 2.31. The molecule has 0 saturated carbocycles. The first-order valence-electron chi connectivity index (χ1n) is 6.42. The molecule has 0 bridgehead atoms. The van der Waals surface area contributed by atoms with Crippen molar-refractivity contribution in [2.45, 2.75) is 17.9 Å². The van der Waals surface area contributed by atoms with Gasteiger partial charge in [-0.25, -0.2) is 8.42 Å². The monoisotopic (exact) mass is 351 g/mol. The molecule has 8 nitrogen and oxygen atoms in total. The summed E-state index contributed by atoms with van der Waals surface area (Å²) in [6.07, 6.45) is 0. The zero-order chi connectivity index (χ0) is 15.6. The second kappa shape index (κ2) is 7.23. The highest BCUT2D eigenvalue weighted by molar-refractivity contribution is 7.89. The van der Waals surface area contributed by atoms with Gasteiger partial charge < -0.3 is 10.1 Å². The van der Waals surface area contributed by atoms with E-state index in [2.05, 4.69) is 5.32 Å². The fourth-order valence-corrected chi connectivity index (χ4v) is 3.90. The molecule has 1 aliphatic heterocycles. The van der Waals surface area contributed by atoms with Gasteiger partial charge in [-0.2, -0.15) is 4.31 Å². The molecular weight excluding hydrogens is 334 g/mol. The average Bonchev–Trinajstić information content (AvgIpc) is 2.46. The molecule has 1 fully saturated rings. The van der Waals surface area contributed by atoms with Gasteiger partial charge in [0.15, 0.2) is 0 Å². The molecule has 0 radical (unpaired) electrons. The van der Waals surface area contributed by atoms with E-state index in [9.17, 15) is 18.5 Å². The molecule has 1 heterocycles. The minimum atomic E-state index is -3.73. The molecule has 1 aromatic rings. The van der Waals surface area contributed by atoms with Crippen molar-refractivity contribution >= 4 is 28.1 Å². The van der Waals surface area contributed by atoms with Crippen molar-refractivity contribution in [2.75, 3.05) is 26.7 Å². The van der Waals surface area contributed by atoms with Crippen LogP contribution in [0.15, 0.2) is 23.1 Å². The van der Waals surface area contributed by atoms with Crippen molar-refractivity contribution in [3.8, 4) is 5.75 Å². The van der Waals surface area contributed by atoms with Gasteiger partial charge in [0.25, 0.3) is 5.69 Å². The molecule has 10 heteroatoms. The number of piperazine rings is 1. The lowest BCUT2D eigenvalue weighted by molar-refractivity contribution is -0.385. The van der Waals surface area contributed by atoms with Crippen LogP contribution in [-0.4, -0.2) is 50.4 Å². The smallest absolute Gasteiger partial charge is 0.273 e. The van der Waals surface area contributed by atoms with Gasteiger partial charge in [-0.05, 0) is 13.0 Å². The third-order valence-corrected chi connectivity index (χ3v) is 5.21. The first-order valence-corrected chi connectivity index (χ1v) is 7.86. The summed E-state index contributed by atoms with van der Waals surface area (Å²) in [6, 6.07) is 3.57. The second-order valence-corrected chi connectivity index (χ2v) is 6.72. The molecule has 124 valence electrons. The predicted molar refractivity (Wildman–Crippen MR) is 83.1 cm³/mol. The number of hydrogen-bond acceptors (Lipinski definition) is 6. The number of halogens is 1. The Bertz CT molecular complexity index is 652. The largest absolute Gasteiger partial charge is 0.495 e. The van der Waals surface area contributed by atoms with E-state index in [1.54, 1.807) is 0 Å². The van der Waals surface area contributed by atoms with Crippen LogP contribution in [-0.2, 0) is 10.0 Å². The number of hydrogen-bond donors (Lipinski definition) is 1. The number of benzene rings is 1. The maximum absolute atomic E-state index is 12.6. The Kier molecular flexibility index (Phi) is 6.12. The average molecular weight is 352 g/mol. The normalized spacial score (nSPS) is 19.3. The Balaban J connectivity index is 0.00000242. The van der Waals surface area contributed by atoms with Crippen LogP contribution in [0, 0.1) is 10.1 Å². The van der Waals surface area contributed by atoms with Crippen molar-refractivity contribution in [1.82, 2.24) is 9.62 Å². The molecule has 22 heavy (non-hydrogen) atoms. The number of sulfonamides is 1. The van der Waals surface area contributed by atoms with Crippen molar-refractivity contribution in [2.24, 2.45) is 0 Å². The van der Waals surface area contributed by atoms with Gasteiger partial charge in [0.1, 0.15) is 10.6 Å². The van der Waals surface area contributed by atoms with Gasteiger partial charge in [-0.3, -0.25) is 10.1 Å². The molecule has 0 amide bonds. The Morgan fingerprint density at radius 1 is 1.45 bits per heavy atom. The lowest BCUT2D eigenvalue weighted by Crippen LogP contribution is -2.51. The molecule has 1 atom stereocenters. The maximum Gasteiger partial charge on any atom is 0.273 e. The van der Waals surface area contributed by atoms with E-state index in [0.29, 0.717) is 19.6 Å². The summed E-state index contributed by atoms with van der Waals surface area (Å²) in [4.78, 5) is 10.1. The minimum absolute atomic E-state index is 0. The van der Waals surface area contributed by atoms with Crippen LogP contribution < -0.4 is 10.1 Å². The molecule has 2 rings (SSSR count). The summed E-state index contributed by atoms with van der Waals surface area (Å²) in [7, 11) is -2.44. The summed E-state index contributed by atoms with van der Waals surface area (Å²) in [5.74, 6) is -0.0182. The Hall–Kier alpha value is -1.42. The summed E-state index contributed by atoms with van der Waals surface area (Å²) < 4.78 is 31.7. The van der Waals surface area contributed by atoms with E-state index >= 15 is 0 Å². The predicted octanol–water partition coefficient (Wildman–Crippen LogP) is 1.01. The van der Waals surface area contributed by atoms with E-state index in [0.717, 1.165) is 6.07 Å². The molecule has 0 aliphatic carbocycles. The Morgan fingerprint density at radius 3 is 2.68 bits per heavy atom. The third kappa shape index (κ3) is 3.67. The number of rotatable bonds is 4. The highest BCUT2D eigenvalue weighted by Crippen LogP contribution is 2.30. The van der Waals surface area contributed by atoms with Crippen LogP contribution >= 0.6 is 12.4 Å². The van der Waals surface area contributed by atoms with Gasteiger partial charge in [-0.15, -0.1) is 12.4 Å². The van der Waals surface area contributed by atoms with Crippen LogP contribution in [0.3, 0.4) is 0 Å². The highest BCUT2D eigenvalue weighted by atomic mass is 35.5. The maximum atomic E-state index is 12.6. The number of ether oxygens (including phenoxy) is 1. The van der Waals surface area contributed by atoms with E-state index in [4.69, 9.17) is 4.74 Å². The fraction of sp³-hybridized carbons (Fsp3) is 0.500. The first kappa shape index (κ1) is 18.6. The van der Waals surface area contributed by atoms with Gasteiger partial charge in [-0.1, -0.05) is 0 Å². The van der Waals surface area contributed by atoms with Crippen molar-refractivity contribution in [3.63, 3.8) is 0 Å². The van der Waals surface area contributed by atoms with Crippen molar-refractivity contribution in [3.05, 3.63) is 28.3 Å². The third-order valence-electron chi connectivity index (χ3n) is 3.31. The van der Waals surface area contributed by atoms with E-state index in [1.807, 2.05) is 6.92 Å². The molecule has 0 spiro atoms. The number of nitro groups is 1. The summed E-state index contributed by atoms with van der Waals surface area (Å²) in [6.45, 7) is 3.17. The van der Waals surface area contributed by atoms with Crippen LogP contribution in [0.1, 0.15) is 6.92 Å². The number of methoxy groups -OCH3 is 1. The minimum Gasteiger partial charge on any atom is -0.495 e.